The molecule has 0 atom stereocenters. The van der Waals surface area contributed by atoms with E-state index >= 15 is 0 Å². The summed E-state index contributed by atoms with van der Waals surface area (Å²) in [4.78, 5) is 4.61. The van der Waals surface area contributed by atoms with Crippen LogP contribution in [0, 0.1) is 6.92 Å². The Morgan fingerprint density at radius 1 is 1.14 bits per heavy atom. The van der Waals surface area contributed by atoms with Crippen LogP contribution in [0.2, 0.25) is 0 Å². The molecule has 0 amide bonds. The fraction of sp³-hybridized carbons (Fsp3) is 0.188. The van der Waals surface area contributed by atoms with Crippen LogP contribution in [-0.4, -0.2) is 19.2 Å². The van der Waals surface area contributed by atoms with Crippen molar-refractivity contribution < 1.29 is 8.42 Å². The summed E-state index contributed by atoms with van der Waals surface area (Å²) in [5.74, 6) is 0.00592. The first-order valence-electron chi connectivity index (χ1n) is 6.90. The zero-order chi connectivity index (χ0) is 15.7. The van der Waals surface area contributed by atoms with E-state index in [2.05, 4.69) is 22.7 Å². The van der Waals surface area contributed by atoms with Crippen LogP contribution in [0.25, 0.3) is 25.5 Å². The number of rotatable bonds is 4. The van der Waals surface area contributed by atoms with Crippen LogP contribution in [0.4, 0.5) is 5.69 Å². The molecule has 0 radical (unpaired) electrons. The fourth-order valence-electron chi connectivity index (χ4n) is 2.05. The number of sulfonamides is 1. The van der Waals surface area contributed by atoms with Crippen LogP contribution in [-0.2, 0) is 10.0 Å². The van der Waals surface area contributed by atoms with Crippen LogP contribution >= 0.6 is 11.3 Å². The summed E-state index contributed by atoms with van der Waals surface area (Å²) in [6.07, 6.45) is 0. The minimum Gasteiger partial charge on any atom is -0.577 e. The maximum atomic E-state index is 11.5. The highest BCUT2D eigenvalue weighted by molar-refractivity contribution is 7.94. The smallest absolute Gasteiger partial charge is 0.124 e. The van der Waals surface area contributed by atoms with E-state index in [0.717, 1.165) is 20.8 Å². The second-order valence-corrected chi connectivity index (χ2v) is 7.95. The zero-order valence-electron chi connectivity index (χ0n) is 12.3. The Morgan fingerprint density at radius 3 is 2.55 bits per heavy atom. The van der Waals surface area contributed by atoms with Gasteiger partial charge in [0.25, 0.3) is 0 Å². The van der Waals surface area contributed by atoms with Crippen molar-refractivity contribution in [2.45, 2.75) is 13.8 Å². The molecule has 1 aromatic heterocycles. The number of aromatic nitrogens is 1. The summed E-state index contributed by atoms with van der Waals surface area (Å²) in [6, 6.07) is 13.3. The average molecular weight is 331 g/mol. The molecule has 0 aliphatic heterocycles. The molecule has 0 saturated heterocycles. The van der Waals surface area contributed by atoms with Gasteiger partial charge in [-0.2, -0.15) is 0 Å². The Hall–Kier alpha value is -1.92. The SMILES string of the molecule is CCS(=O)(=O)[N-]c1ccc(-c2nc3ccc(C)cc3s2)cc1. The molecule has 0 aliphatic carbocycles. The molecule has 0 N–H and O–H groups in total. The highest BCUT2D eigenvalue weighted by Gasteiger charge is 2.06. The van der Waals surface area contributed by atoms with E-state index in [0.29, 0.717) is 5.69 Å². The number of hydrogen-bond donors (Lipinski definition) is 0. The Bertz CT molecular complexity index is 913. The molecule has 0 bridgehead atoms. The molecule has 2 aromatic carbocycles. The van der Waals surface area contributed by atoms with Crippen LogP contribution in [0.15, 0.2) is 42.5 Å². The second kappa shape index (κ2) is 5.70. The highest BCUT2D eigenvalue weighted by atomic mass is 32.2. The topological polar surface area (TPSA) is 61.1 Å². The second-order valence-electron chi connectivity index (χ2n) is 5.00. The van der Waals surface area contributed by atoms with Crippen molar-refractivity contribution in [3.05, 3.63) is 52.8 Å². The number of benzene rings is 2. The minimum atomic E-state index is -3.36. The van der Waals surface area contributed by atoms with E-state index in [-0.39, 0.29) is 5.75 Å². The van der Waals surface area contributed by atoms with Gasteiger partial charge in [-0.15, -0.1) is 17.0 Å². The third-order valence-electron chi connectivity index (χ3n) is 3.27. The van der Waals surface area contributed by atoms with Gasteiger partial charge in [0.2, 0.25) is 0 Å². The van der Waals surface area contributed by atoms with Crippen LogP contribution < -0.4 is 0 Å². The molecule has 0 aliphatic rings. The molecule has 6 heteroatoms. The van der Waals surface area contributed by atoms with E-state index in [1.165, 1.54) is 5.56 Å². The van der Waals surface area contributed by atoms with E-state index in [9.17, 15) is 8.42 Å². The Kier molecular flexibility index (Phi) is 3.88. The third kappa shape index (κ3) is 3.13. The molecule has 22 heavy (non-hydrogen) atoms. The first kappa shape index (κ1) is 15.0. The standard InChI is InChI=1S/C16H15N2O2S2/c1-3-22(19,20)18-13-7-5-12(6-8-13)16-17-14-9-4-11(2)10-15(14)21-16/h4-10H,3H2,1-2H3/q-1. The summed E-state index contributed by atoms with van der Waals surface area (Å²) in [5.41, 5.74) is 3.60. The predicted molar refractivity (Wildman–Crippen MR) is 92.3 cm³/mol. The molecule has 114 valence electrons. The molecular weight excluding hydrogens is 316 g/mol. The molecule has 0 spiro atoms. The molecule has 3 rings (SSSR count). The average Bonchev–Trinajstić information content (AvgIpc) is 2.90. The Labute approximate surface area is 133 Å². The van der Waals surface area contributed by atoms with Crippen molar-refractivity contribution in [2.24, 2.45) is 0 Å². The van der Waals surface area contributed by atoms with Crippen molar-refractivity contribution in [3.63, 3.8) is 0 Å². The number of hydrogen-bond acceptors (Lipinski definition) is 4. The fourth-order valence-corrected chi connectivity index (χ4v) is 3.69. The Morgan fingerprint density at radius 2 is 1.86 bits per heavy atom. The van der Waals surface area contributed by atoms with Gasteiger partial charge in [0.05, 0.1) is 20.2 Å². The zero-order valence-corrected chi connectivity index (χ0v) is 13.9. The lowest BCUT2D eigenvalue weighted by molar-refractivity contribution is 0.604. The van der Waals surface area contributed by atoms with Gasteiger partial charge in [-0.1, -0.05) is 37.3 Å². The molecule has 4 nitrogen and oxygen atoms in total. The summed E-state index contributed by atoms with van der Waals surface area (Å²) in [5, 5.41) is 0.922. The molecule has 0 fully saturated rings. The summed E-state index contributed by atoms with van der Waals surface area (Å²) in [7, 11) is -3.36. The summed E-state index contributed by atoms with van der Waals surface area (Å²) < 4.78 is 27.9. The lowest BCUT2D eigenvalue weighted by Gasteiger charge is -2.20. The first-order valence-corrected chi connectivity index (χ1v) is 9.33. The monoisotopic (exact) mass is 331 g/mol. The quantitative estimate of drug-likeness (QED) is 0.700. The molecule has 1 heterocycles. The minimum absolute atomic E-state index is 0.00592. The van der Waals surface area contributed by atoms with Gasteiger partial charge >= 0.3 is 0 Å². The largest absolute Gasteiger partial charge is 0.577 e. The van der Waals surface area contributed by atoms with E-state index < -0.39 is 10.0 Å². The normalized spacial score (nSPS) is 11.7. The number of nitrogens with zero attached hydrogens (tertiary/aromatic N) is 2. The van der Waals surface area contributed by atoms with Gasteiger partial charge in [-0.25, -0.2) is 13.4 Å². The summed E-state index contributed by atoms with van der Waals surface area (Å²) >= 11 is 1.63. The van der Waals surface area contributed by atoms with Crippen molar-refractivity contribution >= 4 is 37.3 Å². The van der Waals surface area contributed by atoms with Gasteiger partial charge < -0.3 is 4.72 Å². The van der Waals surface area contributed by atoms with E-state index in [4.69, 9.17) is 0 Å². The van der Waals surface area contributed by atoms with Gasteiger partial charge in [0, 0.05) is 11.3 Å². The van der Waals surface area contributed by atoms with Crippen LogP contribution in [0.5, 0.6) is 0 Å². The lowest BCUT2D eigenvalue weighted by Crippen LogP contribution is -1.98. The summed E-state index contributed by atoms with van der Waals surface area (Å²) in [6.45, 7) is 3.64. The lowest BCUT2D eigenvalue weighted by atomic mass is 10.2. The maximum Gasteiger partial charge on any atom is 0.124 e. The van der Waals surface area contributed by atoms with Crippen LogP contribution in [0.3, 0.4) is 0 Å². The van der Waals surface area contributed by atoms with Crippen molar-refractivity contribution in [3.8, 4) is 10.6 Å². The van der Waals surface area contributed by atoms with Crippen molar-refractivity contribution in [1.82, 2.24) is 4.98 Å². The molecule has 3 aromatic rings. The number of aryl methyl sites for hydroxylation is 1. The van der Waals surface area contributed by atoms with Crippen molar-refractivity contribution in [2.75, 3.05) is 5.75 Å². The van der Waals surface area contributed by atoms with Gasteiger partial charge in [-0.3, -0.25) is 0 Å². The van der Waals surface area contributed by atoms with Gasteiger partial charge in [0.15, 0.2) is 0 Å². The first-order chi connectivity index (χ1) is 10.5. The Balaban J connectivity index is 1.91. The maximum absolute atomic E-state index is 11.5. The van der Waals surface area contributed by atoms with E-state index in [1.54, 1.807) is 30.4 Å². The van der Waals surface area contributed by atoms with Crippen LogP contribution in [0.1, 0.15) is 12.5 Å². The molecular formula is C16H15N2O2S2-. The third-order valence-corrected chi connectivity index (χ3v) is 5.55. The molecule has 0 saturated carbocycles. The highest BCUT2D eigenvalue weighted by Crippen LogP contribution is 2.32. The van der Waals surface area contributed by atoms with Gasteiger partial charge in [-0.05, 0) is 24.6 Å². The van der Waals surface area contributed by atoms with Crippen molar-refractivity contribution in [1.29, 1.82) is 0 Å². The van der Waals surface area contributed by atoms with Gasteiger partial charge in [0.1, 0.15) is 5.01 Å². The predicted octanol–water partition coefficient (Wildman–Crippen LogP) is 4.63. The molecule has 0 unspecified atom stereocenters. The number of thiazole rings is 1. The van der Waals surface area contributed by atoms with E-state index in [1.807, 2.05) is 24.3 Å². The number of fused-ring (bicyclic) bond motifs is 1.